The van der Waals surface area contributed by atoms with Gasteiger partial charge in [-0.25, -0.2) is 0 Å². The first-order chi connectivity index (χ1) is 9.38. The average molecular weight is 282 g/mol. The summed E-state index contributed by atoms with van der Waals surface area (Å²) >= 11 is 0. The zero-order valence-corrected chi connectivity index (χ0v) is 14.9. The molecule has 120 valence electrons. The maximum Gasteiger partial charge on any atom is -0.00160 e. The van der Waals surface area contributed by atoms with E-state index in [1.54, 1.807) is 0 Å². The minimum atomic E-state index is 0.529. The molecule has 0 bridgehead atoms. The monoisotopic (exact) mass is 281 g/mol. The van der Waals surface area contributed by atoms with E-state index in [0.717, 1.165) is 11.8 Å². The Morgan fingerprint density at radius 2 is 1.45 bits per heavy atom. The molecule has 1 aliphatic rings. The van der Waals surface area contributed by atoms with E-state index in [2.05, 4.69) is 39.5 Å². The van der Waals surface area contributed by atoms with Crippen molar-refractivity contribution in [1.29, 1.82) is 0 Å². The normalized spacial score (nSPS) is 18.9. The molecule has 1 saturated heterocycles. The van der Waals surface area contributed by atoms with E-state index < -0.39 is 0 Å². The van der Waals surface area contributed by atoms with Crippen LogP contribution in [-0.4, -0.2) is 24.5 Å². The van der Waals surface area contributed by atoms with Gasteiger partial charge in [0.05, 0.1) is 0 Å². The second-order valence-electron chi connectivity index (χ2n) is 8.50. The van der Waals surface area contributed by atoms with Crippen LogP contribution in [0, 0.1) is 17.3 Å². The van der Waals surface area contributed by atoms with Crippen molar-refractivity contribution >= 4 is 0 Å². The maximum atomic E-state index is 2.70. The molecule has 1 fully saturated rings. The van der Waals surface area contributed by atoms with E-state index in [-0.39, 0.29) is 0 Å². The summed E-state index contributed by atoms with van der Waals surface area (Å²) in [6, 6.07) is 0. The minimum Gasteiger partial charge on any atom is -0.303 e. The topological polar surface area (TPSA) is 3.24 Å². The lowest BCUT2D eigenvalue weighted by Gasteiger charge is -2.33. The molecule has 1 heteroatoms. The van der Waals surface area contributed by atoms with Gasteiger partial charge < -0.3 is 4.90 Å². The SMILES string of the molecule is CC(C)C1CCN(CCCCCCCC(C)(C)C)CC1. The van der Waals surface area contributed by atoms with Crippen molar-refractivity contribution in [2.45, 2.75) is 86.0 Å². The number of piperidine rings is 1. The maximum absolute atomic E-state index is 2.70. The van der Waals surface area contributed by atoms with Crippen LogP contribution in [-0.2, 0) is 0 Å². The van der Waals surface area contributed by atoms with E-state index in [1.807, 2.05) is 0 Å². The third-order valence-electron chi connectivity index (χ3n) is 4.98. The van der Waals surface area contributed by atoms with E-state index in [1.165, 1.54) is 71.0 Å². The molecule has 0 unspecified atom stereocenters. The van der Waals surface area contributed by atoms with Crippen molar-refractivity contribution in [3.63, 3.8) is 0 Å². The largest absolute Gasteiger partial charge is 0.303 e. The Morgan fingerprint density at radius 3 is 2.00 bits per heavy atom. The molecule has 0 atom stereocenters. The van der Waals surface area contributed by atoms with E-state index in [4.69, 9.17) is 0 Å². The van der Waals surface area contributed by atoms with E-state index in [9.17, 15) is 0 Å². The molecule has 0 amide bonds. The molecular formula is C19H39N. The van der Waals surface area contributed by atoms with Gasteiger partial charge in [0.2, 0.25) is 0 Å². The quantitative estimate of drug-likeness (QED) is 0.513. The molecule has 0 aromatic carbocycles. The van der Waals surface area contributed by atoms with Crippen molar-refractivity contribution in [2.24, 2.45) is 17.3 Å². The molecule has 0 aromatic heterocycles. The minimum absolute atomic E-state index is 0.529. The molecule has 0 radical (unpaired) electrons. The summed E-state index contributed by atoms with van der Waals surface area (Å²) < 4.78 is 0. The summed E-state index contributed by atoms with van der Waals surface area (Å²) in [5.74, 6) is 1.88. The molecule has 1 nitrogen and oxygen atoms in total. The van der Waals surface area contributed by atoms with Gasteiger partial charge >= 0.3 is 0 Å². The van der Waals surface area contributed by atoms with E-state index >= 15 is 0 Å². The Kier molecular flexibility index (Phi) is 8.17. The highest BCUT2D eigenvalue weighted by atomic mass is 15.1. The molecular weight excluding hydrogens is 242 g/mol. The molecule has 0 N–H and O–H groups in total. The Bertz CT molecular complexity index is 231. The number of unbranched alkanes of at least 4 members (excludes halogenated alkanes) is 4. The third-order valence-corrected chi connectivity index (χ3v) is 4.98. The van der Waals surface area contributed by atoms with Crippen molar-refractivity contribution < 1.29 is 0 Å². The fourth-order valence-electron chi connectivity index (χ4n) is 3.36. The van der Waals surface area contributed by atoms with Crippen LogP contribution in [0.15, 0.2) is 0 Å². The first-order valence-electron chi connectivity index (χ1n) is 9.11. The Morgan fingerprint density at radius 1 is 0.900 bits per heavy atom. The lowest BCUT2D eigenvalue weighted by Crippen LogP contribution is -2.35. The van der Waals surface area contributed by atoms with Crippen LogP contribution in [0.2, 0.25) is 0 Å². The molecule has 20 heavy (non-hydrogen) atoms. The molecule has 0 aliphatic carbocycles. The van der Waals surface area contributed by atoms with Gasteiger partial charge in [0.1, 0.15) is 0 Å². The van der Waals surface area contributed by atoms with E-state index in [0.29, 0.717) is 5.41 Å². The number of hydrogen-bond acceptors (Lipinski definition) is 1. The van der Waals surface area contributed by atoms with Gasteiger partial charge in [0.25, 0.3) is 0 Å². The standard InChI is InChI=1S/C19H39N/c1-17(2)18-11-15-20(16-12-18)14-10-8-6-7-9-13-19(3,4)5/h17-18H,6-16H2,1-5H3. The fraction of sp³-hybridized carbons (Fsp3) is 1.00. The van der Waals surface area contributed by atoms with Crippen LogP contribution in [0.25, 0.3) is 0 Å². The lowest BCUT2D eigenvalue weighted by molar-refractivity contribution is 0.155. The Balaban J connectivity index is 1.93. The Labute approximate surface area is 128 Å². The van der Waals surface area contributed by atoms with Gasteiger partial charge in [-0.3, -0.25) is 0 Å². The highest BCUT2D eigenvalue weighted by Gasteiger charge is 2.20. The molecule has 0 spiro atoms. The summed E-state index contributed by atoms with van der Waals surface area (Å²) in [6.07, 6.45) is 11.4. The fourth-order valence-corrected chi connectivity index (χ4v) is 3.36. The third kappa shape index (κ3) is 8.29. The van der Waals surface area contributed by atoms with Crippen molar-refractivity contribution in [2.75, 3.05) is 19.6 Å². The van der Waals surface area contributed by atoms with Crippen molar-refractivity contribution in [1.82, 2.24) is 4.90 Å². The lowest BCUT2D eigenvalue weighted by atomic mass is 9.86. The van der Waals surface area contributed by atoms with Crippen molar-refractivity contribution in [3.05, 3.63) is 0 Å². The van der Waals surface area contributed by atoms with Crippen LogP contribution in [0.5, 0.6) is 0 Å². The summed E-state index contributed by atoms with van der Waals surface area (Å²) in [6.45, 7) is 15.9. The first-order valence-corrected chi connectivity index (χ1v) is 9.11. The zero-order chi connectivity index (χ0) is 15.0. The molecule has 0 saturated carbocycles. The summed E-state index contributed by atoms with van der Waals surface area (Å²) in [7, 11) is 0. The smallest absolute Gasteiger partial charge is 0.00160 e. The second kappa shape index (κ2) is 9.07. The highest BCUT2D eigenvalue weighted by molar-refractivity contribution is 4.74. The highest BCUT2D eigenvalue weighted by Crippen LogP contribution is 2.25. The summed E-state index contributed by atoms with van der Waals surface area (Å²) in [4.78, 5) is 2.70. The van der Waals surface area contributed by atoms with Crippen LogP contribution in [0.4, 0.5) is 0 Å². The predicted molar refractivity (Wildman–Crippen MR) is 91.2 cm³/mol. The first kappa shape index (κ1) is 18.0. The number of rotatable bonds is 8. The van der Waals surface area contributed by atoms with Crippen LogP contribution in [0.1, 0.15) is 86.0 Å². The van der Waals surface area contributed by atoms with Gasteiger partial charge in [-0.05, 0) is 62.6 Å². The van der Waals surface area contributed by atoms with Crippen LogP contribution >= 0.6 is 0 Å². The molecule has 0 aromatic rings. The number of hydrogen-bond donors (Lipinski definition) is 0. The number of nitrogens with zero attached hydrogens (tertiary/aromatic N) is 1. The van der Waals surface area contributed by atoms with Gasteiger partial charge in [-0.1, -0.05) is 60.3 Å². The Hall–Kier alpha value is -0.0400. The average Bonchev–Trinajstić information content (AvgIpc) is 2.37. The predicted octanol–water partition coefficient (Wildman–Crippen LogP) is 5.74. The molecule has 1 aliphatic heterocycles. The van der Waals surface area contributed by atoms with Gasteiger partial charge in [0.15, 0.2) is 0 Å². The van der Waals surface area contributed by atoms with Gasteiger partial charge in [0, 0.05) is 0 Å². The van der Waals surface area contributed by atoms with Gasteiger partial charge in [-0.15, -0.1) is 0 Å². The zero-order valence-electron chi connectivity index (χ0n) is 14.9. The molecule has 1 heterocycles. The van der Waals surface area contributed by atoms with Crippen molar-refractivity contribution in [3.8, 4) is 0 Å². The van der Waals surface area contributed by atoms with Crippen LogP contribution < -0.4 is 0 Å². The second-order valence-corrected chi connectivity index (χ2v) is 8.50. The van der Waals surface area contributed by atoms with Gasteiger partial charge in [-0.2, -0.15) is 0 Å². The molecule has 1 rings (SSSR count). The number of likely N-dealkylation sites (tertiary alicyclic amines) is 1. The summed E-state index contributed by atoms with van der Waals surface area (Å²) in [5, 5.41) is 0. The van der Waals surface area contributed by atoms with Crippen LogP contribution in [0.3, 0.4) is 0 Å². The summed E-state index contributed by atoms with van der Waals surface area (Å²) in [5.41, 5.74) is 0.529.